The maximum absolute atomic E-state index is 11.7. The van der Waals surface area contributed by atoms with Gasteiger partial charge in [-0.05, 0) is 48.4 Å². The Kier molecular flexibility index (Phi) is 7.17. The fourth-order valence-electron chi connectivity index (χ4n) is 3.66. The van der Waals surface area contributed by atoms with Gasteiger partial charge in [0.15, 0.2) is 0 Å². The summed E-state index contributed by atoms with van der Waals surface area (Å²) in [7, 11) is 0. The van der Waals surface area contributed by atoms with Crippen molar-refractivity contribution in [2.75, 3.05) is 13.1 Å². The monoisotopic (exact) mass is 466 g/mol. The standard InChI is InChI=1S/C24H26N4O4S/c29-20-8-7-19(22-21(20)28-23(30)33-22)24(31,32)15-25-11-9-16-4-3-5-17(12-16)13-26-14-18-6-1-2-10-27-18/h1-8,10,12,25-26,29,31-32H,9,11,13-15H2,(H,28,30). The average molecular weight is 467 g/mol. The molecule has 0 amide bonds. The molecule has 2 aromatic heterocycles. The zero-order valence-electron chi connectivity index (χ0n) is 17.9. The van der Waals surface area contributed by atoms with Crippen LogP contribution in [0.3, 0.4) is 0 Å². The first-order chi connectivity index (χ1) is 15.9. The van der Waals surface area contributed by atoms with Crippen LogP contribution in [0.15, 0.2) is 65.6 Å². The minimum atomic E-state index is -2.19. The maximum atomic E-state index is 11.7. The van der Waals surface area contributed by atoms with Gasteiger partial charge in [-0.3, -0.25) is 9.78 Å². The van der Waals surface area contributed by atoms with Gasteiger partial charge in [0.25, 0.3) is 0 Å². The molecule has 4 rings (SSSR count). The number of hydrogen-bond donors (Lipinski definition) is 6. The first kappa shape index (κ1) is 23.1. The number of aromatic hydroxyl groups is 1. The Morgan fingerprint density at radius 2 is 1.85 bits per heavy atom. The van der Waals surface area contributed by atoms with Gasteiger partial charge in [-0.25, -0.2) is 0 Å². The van der Waals surface area contributed by atoms with Crippen LogP contribution in [0.25, 0.3) is 10.2 Å². The van der Waals surface area contributed by atoms with Crippen molar-refractivity contribution in [1.29, 1.82) is 0 Å². The number of aliphatic hydroxyl groups is 2. The van der Waals surface area contributed by atoms with E-state index < -0.39 is 5.79 Å². The molecule has 0 aliphatic rings. The fourth-order valence-corrected chi connectivity index (χ4v) is 4.60. The second kappa shape index (κ2) is 10.2. The van der Waals surface area contributed by atoms with Crippen molar-refractivity contribution in [1.82, 2.24) is 20.6 Å². The molecule has 0 spiro atoms. The SMILES string of the molecule is O=c1[nH]c2c(O)ccc(C(O)(O)CNCCc3cccc(CNCc4ccccn4)c3)c2s1. The first-order valence-corrected chi connectivity index (χ1v) is 11.4. The van der Waals surface area contributed by atoms with Crippen LogP contribution in [0.1, 0.15) is 22.4 Å². The summed E-state index contributed by atoms with van der Waals surface area (Å²) in [6.45, 7) is 1.84. The molecule has 0 unspecified atom stereocenters. The van der Waals surface area contributed by atoms with Crippen LogP contribution in [0.5, 0.6) is 5.75 Å². The lowest BCUT2D eigenvalue weighted by molar-refractivity contribution is -0.164. The number of fused-ring (bicyclic) bond motifs is 1. The number of nitrogens with one attached hydrogen (secondary N) is 3. The van der Waals surface area contributed by atoms with Gasteiger partial charge >= 0.3 is 4.87 Å². The fraction of sp³-hybridized carbons (Fsp3) is 0.250. The molecule has 6 N–H and O–H groups in total. The van der Waals surface area contributed by atoms with Crippen LogP contribution in [0, 0.1) is 0 Å². The van der Waals surface area contributed by atoms with Gasteiger partial charge in [-0.1, -0.05) is 41.7 Å². The van der Waals surface area contributed by atoms with Gasteiger partial charge < -0.3 is 30.9 Å². The highest BCUT2D eigenvalue weighted by Gasteiger charge is 2.29. The third-order valence-corrected chi connectivity index (χ3v) is 6.22. The summed E-state index contributed by atoms with van der Waals surface area (Å²) in [5.41, 5.74) is 3.68. The Hall–Kier alpha value is -3.08. The topological polar surface area (TPSA) is 130 Å². The predicted octanol–water partition coefficient (Wildman–Crippen LogP) is 1.95. The Morgan fingerprint density at radius 3 is 2.67 bits per heavy atom. The lowest BCUT2D eigenvalue weighted by Crippen LogP contribution is -2.38. The van der Waals surface area contributed by atoms with Gasteiger partial charge in [0.2, 0.25) is 5.79 Å². The number of aromatic amines is 1. The molecule has 172 valence electrons. The van der Waals surface area contributed by atoms with Crippen LogP contribution < -0.4 is 15.5 Å². The molecule has 0 aliphatic carbocycles. The third-order valence-electron chi connectivity index (χ3n) is 5.30. The number of aromatic nitrogens is 2. The van der Waals surface area contributed by atoms with E-state index in [9.17, 15) is 20.1 Å². The van der Waals surface area contributed by atoms with Crippen molar-refractivity contribution in [3.8, 4) is 5.75 Å². The molecule has 0 saturated heterocycles. The van der Waals surface area contributed by atoms with Crippen molar-refractivity contribution >= 4 is 21.6 Å². The van der Waals surface area contributed by atoms with E-state index in [0.717, 1.165) is 34.7 Å². The van der Waals surface area contributed by atoms with E-state index in [2.05, 4.69) is 32.7 Å². The highest BCUT2D eigenvalue weighted by atomic mass is 32.1. The molecule has 4 aromatic rings. The zero-order valence-corrected chi connectivity index (χ0v) is 18.7. The summed E-state index contributed by atoms with van der Waals surface area (Å²) in [6, 6.07) is 16.8. The third kappa shape index (κ3) is 5.84. The average Bonchev–Trinajstić information content (AvgIpc) is 3.20. The molecule has 0 radical (unpaired) electrons. The number of phenolic OH excluding ortho intramolecular Hbond substituents is 1. The Labute approximate surface area is 194 Å². The van der Waals surface area contributed by atoms with Crippen molar-refractivity contribution in [2.45, 2.75) is 25.3 Å². The Balaban J connectivity index is 1.29. The number of pyridine rings is 1. The normalized spacial score (nSPS) is 11.8. The number of phenols is 1. The lowest BCUT2D eigenvalue weighted by Gasteiger charge is -2.23. The van der Waals surface area contributed by atoms with E-state index in [0.29, 0.717) is 24.2 Å². The van der Waals surface area contributed by atoms with Crippen LogP contribution >= 0.6 is 11.3 Å². The number of thiazole rings is 1. The molecule has 33 heavy (non-hydrogen) atoms. The molecule has 0 atom stereocenters. The van der Waals surface area contributed by atoms with Crippen molar-refractivity contribution in [2.24, 2.45) is 0 Å². The van der Waals surface area contributed by atoms with Crippen LogP contribution in [-0.4, -0.2) is 38.4 Å². The second-order valence-corrected chi connectivity index (χ2v) is 8.82. The van der Waals surface area contributed by atoms with Gasteiger partial charge in [-0.2, -0.15) is 0 Å². The molecule has 8 nitrogen and oxygen atoms in total. The van der Waals surface area contributed by atoms with Gasteiger partial charge in [0.1, 0.15) is 11.3 Å². The molecule has 0 aliphatic heterocycles. The molecule has 9 heteroatoms. The highest BCUT2D eigenvalue weighted by molar-refractivity contribution is 7.16. The van der Waals surface area contributed by atoms with Gasteiger partial charge in [0.05, 0.1) is 16.9 Å². The number of H-pyrrole nitrogens is 1. The summed E-state index contributed by atoms with van der Waals surface area (Å²) in [4.78, 5) is 18.1. The van der Waals surface area contributed by atoms with E-state index >= 15 is 0 Å². The van der Waals surface area contributed by atoms with Gasteiger partial charge in [0, 0.05) is 24.8 Å². The number of hydrogen-bond acceptors (Lipinski definition) is 8. The van der Waals surface area contributed by atoms with Crippen LogP contribution in [0.2, 0.25) is 0 Å². The number of rotatable bonds is 10. The van der Waals surface area contributed by atoms with E-state index in [1.807, 2.05) is 30.3 Å². The molecule has 0 saturated carbocycles. The summed E-state index contributed by atoms with van der Waals surface area (Å²) in [5.74, 6) is -2.29. The van der Waals surface area contributed by atoms with Gasteiger partial charge in [-0.15, -0.1) is 0 Å². The zero-order chi connectivity index (χ0) is 23.3. The van der Waals surface area contributed by atoms with E-state index in [4.69, 9.17) is 0 Å². The van der Waals surface area contributed by atoms with E-state index in [-0.39, 0.29) is 28.2 Å². The lowest BCUT2D eigenvalue weighted by atomic mass is 10.0. The van der Waals surface area contributed by atoms with E-state index in [1.54, 1.807) is 6.20 Å². The quantitative estimate of drug-likeness (QED) is 0.156. The number of benzene rings is 2. The largest absolute Gasteiger partial charge is 0.506 e. The van der Waals surface area contributed by atoms with E-state index in [1.165, 1.54) is 12.1 Å². The highest BCUT2D eigenvalue weighted by Crippen LogP contribution is 2.32. The smallest absolute Gasteiger partial charge is 0.305 e. The van der Waals surface area contributed by atoms with Crippen LogP contribution in [0.4, 0.5) is 0 Å². The minimum absolute atomic E-state index is 0.106. The number of nitrogens with zero attached hydrogens (tertiary/aromatic N) is 1. The Morgan fingerprint density at radius 1 is 1.00 bits per heavy atom. The summed E-state index contributed by atoms with van der Waals surface area (Å²) in [5, 5.41) is 37.6. The molecular weight excluding hydrogens is 440 g/mol. The molecular formula is C24H26N4O4S. The van der Waals surface area contributed by atoms with Crippen molar-refractivity contribution < 1.29 is 15.3 Å². The summed E-state index contributed by atoms with van der Waals surface area (Å²) >= 11 is 0.834. The van der Waals surface area contributed by atoms with Crippen molar-refractivity contribution in [3.63, 3.8) is 0 Å². The minimum Gasteiger partial charge on any atom is -0.506 e. The Bertz CT molecular complexity index is 1270. The maximum Gasteiger partial charge on any atom is 0.305 e. The second-order valence-electron chi connectivity index (χ2n) is 7.84. The molecule has 0 fully saturated rings. The summed E-state index contributed by atoms with van der Waals surface area (Å²) < 4.78 is 0.331. The van der Waals surface area contributed by atoms with Crippen LogP contribution in [-0.2, 0) is 25.3 Å². The predicted molar refractivity (Wildman–Crippen MR) is 128 cm³/mol. The molecule has 2 heterocycles. The van der Waals surface area contributed by atoms with Crippen molar-refractivity contribution in [3.05, 3.63) is 92.8 Å². The summed E-state index contributed by atoms with van der Waals surface area (Å²) in [6.07, 6.45) is 2.49. The molecule has 0 bridgehead atoms. The molecule has 2 aromatic carbocycles. The first-order valence-electron chi connectivity index (χ1n) is 10.6.